The van der Waals surface area contributed by atoms with Crippen LogP contribution in [-0.2, 0) is 20.6 Å². The molecule has 6 nitrogen and oxygen atoms in total. The molecule has 1 amide bonds. The zero-order valence-electron chi connectivity index (χ0n) is 13.0. The molecule has 0 aliphatic rings. The zero-order chi connectivity index (χ0) is 18.3. The molecule has 0 saturated carbocycles. The lowest BCUT2D eigenvalue weighted by atomic mass is 10.1. The van der Waals surface area contributed by atoms with Crippen LogP contribution in [0.3, 0.4) is 0 Å². The van der Waals surface area contributed by atoms with Crippen LogP contribution in [0.2, 0.25) is 0 Å². The van der Waals surface area contributed by atoms with Crippen LogP contribution in [0, 0.1) is 22.7 Å². The fourth-order valence-electron chi connectivity index (χ4n) is 2.03. The summed E-state index contributed by atoms with van der Waals surface area (Å²) in [5.41, 5.74) is 1.78. The second-order valence-electron chi connectivity index (χ2n) is 5.07. The summed E-state index contributed by atoms with van der Waals surface area (Å²) in [5.74, 6) is -1.19. The van der Waals surface area contributed by atoms with Gasteiger partial charge in [0.2, 0.25) is 10.0 Å². The van der Waals surface area contributed by atoms with Crippen molar-refractivity contribution >= 4 is 22.0 Å². The van der Waals surface area contributed by atoms with Crippen LogP contribution in [0.1, 0.15) is 22.3 Å². The maximum absolute atomic E-state index is 12.0. The molecule has 124 valence electrons. The molecular weight excluding hydrogens is 338 g/mol. The fraction of sp³-hybridized carbons (Fsp3) is 0.0556. The molecule has 7 heteroatoms. The van der Waals surface area contributed by atoms with Gasteiger partial charge < -0.3 is 0 Å². The van der Waals surface area contributed by atoms with Crippen LogP contribution in [0.4, 0.5) is 0 Å². The number of carbonyl (C=O) groups is 1. The van der Waals surface area contributed by atoms with Crippen molar-refractivity contribution in [3.05, 3.63) is 76.9 Å². The number of sulfonamides is 1. The first-order valence-electron chi connectivity index (χ1n) is 7.14. The zero-order valence-corrected chi connectivity index (χ0v) is 13.8. The van der Waals surface area contributed by atoms with Gasteiger partial charge in [0.05, 0.1) is 29.0 Å². The molecule has 2 aromatic carbocycles. The molecule has 2 rings (SSSR count). The van der Waals surface area contributed by atoms with Crippen LogP contribution in [0.15, 0.2) is 54.6 Å². The largest absolute Gasteiger partial charge is 0.269 e. The highest BCUT2D eigenvalue weighted by Crippen LogP contribution is 2.10. The third-order valence-electron chi connectivity index (χ3n) is 3.19. The number of hydrogen-bond acceptors (Lipinski definition) is 5. The van der Waals surface area contributed by atoms with E-state index in [0.717, 1.165) is 6.08 Å². The van der Waals surface area contributed by atoms with Gasteiger partial charge in [-0.25, -0.2) is 13.1 Å². The minimum absolute atomic E-state index is 0.381. The summed E-state index contributed by atoms with van der Waals surface area (Å²) in [7, 11) is -3.87. The van der Waals surface area contributed by atoms with Gasteiger partial charge in [-0.3, -0.25) is 4.79 Å². The molecule has 0 aliphatic carbocycles. The lowest BCUT2D eigenvalue weighted by molar-refractivity contribution is -0.114. The number of benzene rings is 2. The molecule has 2 aromatic rings. The maximum atomic E-state index is 12.0. The Morgan fingerprint density at radius 2 is 1.72 bits per heavy atom. The fourth-order valence-corrected chi connectivity index (χ4v) is 3.11. The Balaban J connectivity index is 2.04. The van der Waals surface area contributed by atoms with Crippen molar-refractivity contribution in [2.75, 3.05) is 0 Å². The number of carbonyl (C=O) groups excluding carboxylic acids is 1. The minimum atomic E-state index is -3.87. The Morgan fingerprint density at radius 1 is 1.04 bits per heavy atom. The summed E-state index contributed by atoms with van der Waals surface area (Å²) in [5, 5.41) is 17.7. The quantitative estimate of drug-likeness (QED) is 0.829. The predicted octanol–water partition coefficient (Wildman–Crippen LogP) is 2.09. The summed E-state index contributed by atoms with van der Waals surface area (Å²) >= 11 is 0. The van der Waals surface area contributed by atoms with E-state index in [1.165, 1.54) is 30.3 Å². The first kappa shape index (κ1) is 17.9. The van der Waals surface area contributed by atoms with E-state index < -0.39 is 15.9 Å². The van der Waals surface area contributed by atoms with Gasteiger partial charge in [-0.05, 0) is 35.4 Å². The summed E-state index contributed by atoms with van der Waals surface area (Å²) in [6, 6.07) is 16.6. The number of rotatable bonds is 5. The maximum Gasteiger partial charge on any atom is 0.257 e. The lowest BCUT2D eigenvalue weighted by Gasteiger charge is -2.05. The smallest absolute Gasteiger partial charge is 0.257 e. The highest BCUT2D eigenvalue weighted by molar-refractivity contribution is 7.89. The van der Waals surface area contributed by atoms with Crippen molar-refractivity contribution in [1.82, 2.24) is 4.72 Å². The highest BCUT2D eigenvalue weighted by atomic mass is 32.2. The summed E-state index contributed by atoms with van der Waals surface area (Å²) in [4.78, 5) is 11.8. The number of hydrogen-bond donors (Lipinski definition) is 1. The van der Waals surface area contributed by atoms with Crippen LogP contribution < -0.4 is 4.72 Å². The summed E-state index contributed by atoms with van der Waals surface area (Å²) in [6.45, 7) is 0. The van der Waals surface area contributed by atoms with E-state index in [1.807, 2.05) is 16.9 Å². The van der Waals surface area contributed by atoms with Crippen molar-refractivity contribution in [2.45, 2.75) is 5.75 Å². The Labute approximate surface area is 145 Å². The normalized spacial score (nSPS) is 10.8. The molecular formula is C18H13N3O3S. The van der Waals surface area contributed by atoms with Crippen molar-refractivity contribution in [1.29, 1.82) is 10.5 Å². The first-order chi connectivity index (χ1) is 11.9. The van der Waals surface area contributed by atoms with E-state index in [4.69, 9.17) is 10.5 Å². The number of amides is 1. The average molecular weight is 351 g/mol. The van der Waals surface area contributed by atoms with Crippen molar-refractivity contribution < 1.29 is 13.2 Å². The minimum Gasteiger partial charge on any atom is -0.269 e. The van der Waals surface area contributed by atoms with Gasteiger partial charge >= 0.3 is 0 Å². The van der Waals surface area contributed by atoms with E-state index in [-0.39, 0.29) is 5.75 Å². The van der Waals surface area contributed by atoms with Gasteiger partial charge in [0.15, 0.2) is 0 Å². The highest BCUT2D eigenvalue weighted by Gasteiger charge is 2.14. The number of nitrogens with one attached hydrogen (secondary N) is 1. The third kappa shape index (κ3) is 5.31. The molecule has 0 heterocycles. The van der Waals surface area contributed by atoms with E-state index in [2.05, 4.69) is 0 Å². The molecule has 0 atom stereocenters. The second kappa shape index (κ2) is 7.91. The molecule has 0 radical (unpaired) electrons. The topological polar surface area (TPSA) is 111 Å². The summed E-state index contributed by atoms with van der Waals surface area (Å²) in [6.07, 6.45) is 2.44. The molecule has 1 N–H and O–H groups in total. The van der Waals surface area contributed by atoms with Gasteiger partial charge in [0, 0.05) is 6.08 Å². The van der Waals surface area contributed by atoms with Crippen LogP contribution in [0.25, 0.3) is 6.08 Å². The van der Waals surface area contributed by atoms with Gasteiger partial charge in [-0.2, -0.15) is 10.5 Å². The monoisotopic (exact) mass is 351 g/mol. The number of nitrogens with zero attached hydrogens (tertiary/aromatic N) is 2. The van der Waals surface area contributed by atoms with Crippen LogP contribution >= 0.6 is 0 Å². The SMILES string of the molecule is N#Cc1ccc(CS(=O)(=O)NC(=O)/C=C/c2ccccc2C#N)cc1. The van der Waals surface area contributed by atoms with Crippen molar-refractivity contribution in [2.24, 2.45) is 0 Å². The van der Waals surface area contributed by atoms with Crippen LogP contribution in [0.5, 0.6) is 0 Å². The predicted molar refractivity (Wildman–Crippen MR) is 92.1 cm³/mol. The van der Waals surface area contributed by atoms with Gasteiger partial charge in [0.25, 0.3) is 5.91 Å². The van der Waals surface area contributed by atoms with Crippen LogP contribution in [-0.4, -0.2) is 14.3 Å². The van der Waals surface area contributed by atoms with Gasteiger partial charge in [0.1, 0.15) is 0 Å². The molecule has 0 aliphatic heterocycles. The Morgan fingerprint density at radius 3 is 2.36 bits per heavy atom. The van der Waals surface area contributed by atoms with Gasteiger partial charge in [-0.1, -0.05) is 30.3 Å². The first-order valence-corrected chi connectivity index (χ1v) is 8.79. The third-order valence-corrected chi connectivity index (χ3v) is 4.42. The lowest BCUT2D eigenvalue weighted by Crippen LogP contribution is -2.30. The molecule has 0 aromatic heterocycles. The van der Waals surface area contributed by atoms with E-state index in [1.54, 1.807) is 24.3 Å². The summed E-state index contributed by atoms with van der Waals surface area (Å²) < 4.78 is 26.0. The van der Waals surface area contributed by atoms with Crippen molar-refractivity contribution in [3.8, 4) is 12.1 Å². The van der Waals surface area contributed by atoms with Crippen molar-refractivity contribution in [3.63, 3.8) is 0 Å². The second-order valence-corrected chi connectivity index (χ2v) is 6.79. The average Bonchev–Trinajstić information content (AvgIpc) is 2.60. The Bertz CT molecular complexity index is 995. The molecule has 0 saturated heterocycles. The molecule has 0 fully saturated rings. The number of nitriles is 2. The van der Waals surface area contributed by atoms with Gasteiger partial charge in [-0.15, -0.1) is 0 Å². The Kier molecular flexibility index (Phi) is 5.67. The molecule has 0 bridgehead atoms. The van der Waals surface area contributed by atoms with E-state index >= 15 is 0 Å². The van der Waals surface area contributed by atoms with E-state index in [9.17, 15) is 13.2 Å². The molecule has 0 unspecified atom stereocenters. The molecule has 25 heavy (non-hydrogen) atoms. The standard InChI is InChI=1S/C18H13N3O3S/c19-11-14-5-7-15(8-6-14)13-25(23,24)21-18(22)10-9-16-3-1-2-4-17(16)12-20/h1-10H,13H2,(H,21,22)/b10-9+. The molecule has 0 spiro atoms. The van der Waals surface area contributed by atoms with E-state index in [0.29, 0.717) is 22.3 Å². The Hall–Kier alpha value is -3.42.